The molecule has 2 unspecified atom stereocenters. The molecule has 0 saturated carbocycles. The molecular formula is C24H22F3O3P. The smallest absolute Gasteiger partial charge is 0.388 e. The predicted molar refractivity (Wildman–Crippen MR) is 115 cm³/mol. The number of aliphatic hydroxyl groups is 1. The predicted octanol–water partition coefficient (Wildman–Crippen LogP) is 4.96. The average Bonchev–Trinajstić information content (AvgIpc) is 2.77. The van der Waals surface area contributed by atoms with Crippen LogP contribution in [-0.2, 0) is 15.5 Å². The van der Waals surface area contributed by atoms with Gasteiger partial charge in [0.05, 0.1) is 17.6 Å². The number of benzene rings is 3. The van der Waals surface area contributed by atoms with Gasteiger partial charge in [-0.05, 0) is 24.6 Å². The monoisotopic (exact) mass is 446 g/mol. The second-order valence-corrected chi connectivity index (χ2v) is 10.3. The lowest BCUT2D eigenvalue weighted by atomic mass is 9.93. The zero-order chi connectivity index (χ0) is 22.6. The molecular weight excluding hydrogens is 424 g/mol. The Hall–Kier alpha value is -2.69. The summed E-state index contributed by atoms with van der Waals surface area (Å²) in [5.41, 5.74) is -0.678. The molecule has 0 spiro atoms. The van der Waals surface area contributed by atoms with Gasteiger partial charge in [-0.2, -0.15) is 13.2 Å². The topological polar surface area (TPSA) is 54.4 Å². The van der Waals surface area contributed by atoms with Crippen LogP contribution in [0.2, 0.25) is 0 Å². The lowest BCUT2D eigenvalue weighted by molar-refractivity contribution is -0.137. The lowest BCUT2D eigenvalue weighted by Crippen LogP contribution is -2.29. The number of alkyl halides is 3. The molecule has 0 aliphatic rings. The minimum Gasteiger partial charge on any atom is -0.388 e. The van der Waals surface area contributed by atoms with E-state index in [0.717, 1.165) is 24.3 Å². The Morgan fingerprint density at radius 3 is 1.71 bits per heavy atom. The van der Waals surface area contributed by atoms with E-state index in [1.807, 2.05) is 0 Å². The third-order valence-corrected chi connectivity index (χ3v) is 8.46. The van der Waals surface area contributed by atoms with E-state index in [2.05, 4.69) is 0 Å². The van der Waals surface area contributed by atoms with E-state index in [-0.39, 0.29) is 17.5 Å². The maximum Gasteiger partial charge on any atom is 0.416 e. The Labute approximate surface area is 178 Å². The Bertz CT molecular complexity index is 1020. The molecule has 162 valence electrons. The van der Waals surface area contributed by atoms with Gasteiger partial charge in [0.25, 0.3) is 0 Å². The van der Waals surface area contributed by atoms with Crippen LogP contribution in [0.15, 0.2) is 84.9 Å². The summed E-state index contributed by atoms with van der Waals surface area (Å²) in [4.78, 5) is 12.5. The Balaban J connectivity index is 2.00. The fourth-order valence-electron chi connectivity index (χ4n) is 3.53. The second kappa shape index (κ2) is 9.21. The summed E-state index contributed by atoms with van der Waals surface area (Å²) in [7, 11) is -3.31. The lowest BCUT2D eigenvalue weighted by Gasteiger charge is -2.27. The first kappa shape index (κ1) is 23.0. The van der Waals surface area contributed by atoms with Crippen LogP contribution in [0.25, 0.3) is 0 Å². The van der Waals surface area contributed by atoms with Crippen molar-refractivity contribution in [2.75, 3.05) is 6.16 Å². The number of hydrogen-bond acceptors (Lipinski definition) is 3. The van der Waals surface area contributed by atoms with Crippen LogP contribution in [0, 0.1) is 5.92 Å². The van der Waals surface area contributed by atoms with Gasteiger partial charge in [-0.3, -0.25) is 4.79 Å². The highest BCUT2D eigenvalue weighted by Gasteiger charge is 2.37. The van der Waals surface area contributed by atoms with Gasteiger partial charge in [-0.15, -0.1) is 0 Å². The molecule has 0 radical (unpaired) electrons. The second-order valence-electron chi connectivity index (χ2n) is 7.38. The fourth-order valence-corrected chi connectivity index (χ4v) is 6.56. The fraction of sp³-hybridized carbons (Fsp3) is 0.208. The number of rotatable bonds is 7. The van der Waals surface area contributed by atoms with Crippen molar-refractivity contribution in [2.45, 2.75) is 19.2 Å². The number of hydrogen-bond donors (Lipinski definition) is 1. The first-order valence-corrected chi connectivity index (χ1v) is 11.6. The van der Waals surface area contributed by atoms with Crippen molar-refractivity contribution >= 4 is 23.5 Å². The summed E-state index contributed by atoms with van der Waals surface area (Å²) in [6, 6.07) is 21.5. The molecule has 3 aromatic carbocycles. The number of Topliss-reactive ketones (excluding diaryl/α,β-unsaturated/α-hetero) is 1. The highest BCUT2D eigenvalue weighted by Crippen LogP contribution is 2.47. The molecule has 0 saturated heterocycles. The molecule has 0 heterocycles. The van der Waals surface area contributed by atoms with Crippen LogP contribution in [0.5, 0.6) is 0 Å². The van der Waals surface area contributed by atoms with Crippen LogP contribution in [0.3, 0.4) is 0 Å². The summed E-state index contributed by atoms with van der Waals surface area (Å²) in [5, 5.41) is 12.0. The first-order valence-electron chi connectivity index (χ1n) is 9.69. The van der Waals surface area contributed by atoms with E-state index in [9.17, 15) is 27.6 Å². The summed E-state index contributed by atoms with van der Waals surface area (Å²) in [5.74, 6) is -1.44. The zero-order valence-electron chi connectivity index (χ0n) is 16.8. The molecule has 7 heteroatoms. The van der Waals surface area contributed by atoms with Crippen molar-refractivity contribution in [1.29, 1.82) is 0 Å². The van der Waals surface area contributed by atoms with Crippen molar-refractivity contribution in [3.8, 4) is 0 Å². The molecule has 0 aliphatic carbocycles. The molecule has 2 atom stereocenters. The number of aliphatic hydroxyl groups excluding tert-OH is 1. The van der Waals surface area contributed by atoms with Gasteiger partial charge in [0.2, 0.25) is 0 Å². The van der Waals surface area contributed by atoms with Crippen LogP contribution in [-0.4, -0.2) is 17.1 Å². The van der Waals surface area contributed by atoms with E-state index < -0.39 is 30.9 Å². The minimum atomic E-state index is -4.50. The first-order chi connectivity index (χ1) is 14.6. The van der Waals surface area contributed by atoms with Gasteiger partial charge >= 0.3 is 6.18 Å². The van der Waals surface area contributed by atoms with E-state index in [1.165, 1.54) is 6.92 Å². The summed E-state index contributed by atoms with van der Waals surface area (Å²) >= 11 is 0. The van der Waals surface area contributed by atoms with E-state index in [4.69, 9.17) is 0 Å². The van der Waals surface area contributed by atoms with Crippen molar-refractivity contribution in [2.24, 2.45) is 5.92 Å². The SMILES string of the molecule is CC(=O)C(CP(=O)(c1ccccc1)c1ccccc1)C(O)c1ccc(C(F)(F)F)cc1. The summed E-state index contributed by atoms with van der Waals surface area (Å²) in [6.45, 7) is 1.29. The van der Waals surface area contributed by atoms with Crippen molar-refractivity contribution < 1.29 is 27.6 Å². The molecule has 0 amide bonds. The maximum absolute atomic E-state index is 14.2. The van der Waals surface area contributed by atoms with Gasteiger partial charge in [0.15, 0.2) is 0 Å². The van der Waals surface area contributed by atoms with E-state index in [0.29, 0.717) is 10.6 Å². The zero-order valence-corrected chi connectivity index (χ0v) is 17.7. The molecule has 0 fully saturated rings. The van der Waals surface area contributed by atoms with Gasteiger partial charge in [-0.25, -0.2) is 0 Å². The molecule has 0 aromatic heterocycles. The largest absolute Gasteiger partial charge is 0.416 e. The molecule has 1 N–H and O–H groups in total. The third-order valence-electron chi connectivity index (χ3n) is 5.28. The highest BCUT2D eigenvalue weighted by atomic mass is 31.2. The van der Waals surface area contributed by atoms with Gasteiger partial charge in [0, 0.05) is 16.8 Å². The Morgan fingerprint density at radius 2 is 1.32 bits per heavy atom. The van der Waals surface area contributed by atoms with Gasteiger partial charge in [0.1, 0.15) is 12.9 Å². The van der Waals surface area contributed by atoms with Crippen LogP contribution < -0.4 is 10.6 Å². The molecule has 3 rings (SSSR count). The molecule has 0 bridgehead atoms. The number of carbonyl (C=O) groups is 1. The van der Waals surface area contributed by atoms with Crippen LogP contribution in [0.4, 0.5) is 13.2 Å². The van der Waals surface area contributed by atoms with E-state index >= 15 is 0 Å². The van der Waals surface area contributed by atoms with E-state index in [1.54, 1.807) is 60.7 Å². The van der Waals surface area contributed by atoms with Crippen LogP contribution >= 0.6 is 7.14 Å². The standard InChI is InChI=1S/C24H22F3O3P/c1-17(28)22(23(29)18-12-14-19(15-13-18)24(25,26)27)16-31(30,20-8-4-2-5-9-20)21-10-6-3-7-11-21/h2-15,22-23,29H,16H2,1H3. The molecule has 3 aromatic rings. The number of halogens is 3. The molecule has 31 heavy (non-hydrogen) atoms. The third kappa shape index (κ3) is 5.15. The highest BCUT2D eigenvalue weighted by molar-refractivity contribution is 7.78. The Kier molecular flexibility index (Phi) is 6.83. The normalized spacial score (nSPS) is 14.1. The average molecular weight is 446 g/mol. The quantitative estimate of drug-likeness (QED) is 0.522. The molecule has 0 aliphatic heterocycles. The van der Waals surface area contributed by atoms with Gasteiger partial charge < -0.3 is 9.67 Å². The van der Waals surface area contributed by atoms with Crippen molar-refractivity contribution in [1.82, 2.24) is 0 Å². The maximum atomic E-state index is 14.2. The minimum absolute atomic E-state index is 0.140. The Morgan fingerprint density at radius 1 is 0.871 bits per heavy atom. The summed E-state index contributed by atoms with van der Waals surface area (Å²) in [6.07, 6.45) is -6.03. The number of ketones is 1. The van der Waals surface area contributed by atoms with Crippen molar-refractivity contribution in [3.63, 3.8) is 0 Å². The van der Waals surface area contributed by atoms with Crippen LogP contribution in [0.1, 0.15) is 24.2 Å². The molecule has 3 nitrogen and oxygen atoms in total. The van der Waals surface area contributed by atoms with Gasteiger partial charge in [-0.1, -0.05) is 72.8 Å². The van der Waals surface area contributed by atoms with Crippen molar-refractivity contribution in [3.05, 3.63) is 96.1 Å². The summed E-state index contributed by atoms with van der Waals surface area (Å²) < 4.78 is 52.8. The number of carbonyl (C=O) groups excluding carboxylic acids is 1.